The van der Waals surface area contributed by atoms with Crippen LogP contribution in [0.15, 0.2) is 22.8 Å². The molecule has 7 nitrogen and oxygen atoms in total. The molecular weight excluding hydrogens is 270 g/mol. The van der Waals surface area contributed by atoms with Crippen molar-refractivity contribution in [3.05, 3.63) is 34.2 Å². The van der Waals surface area contributed by atoms with E-state index in [0.717, 1.165) is 23.6 Å². The molecule has 0 bridgehead atoms. The largest absolute Gasteiger partial charge is 0.444 e. The van der Waals surface area contributed by atoms with Crippen molar-refractivity contribution in [3.63, 3.8) is 0 Å². The molecule has 8 heteroatoms. The second kappa shape index (κ2) is 6.41. The molecule has 2 aromatic heterocycles. The molecule has 0 spiro atoms. The summed E-state index contributed by atoms with van der Waals surface area (Å²) in [6.45, 7) is 1.92. The average Bonchev–Trinajstić information content (AvgIpc) is 3.03. The maximum Gasteiger partial charge on any atom is 0.324 e. The Labute approximate surface area is 113 Å². The minimum atomic E-state index is -0.426. The number of methoxy groups -OCH3 is 1. The Morgan fingerprint density at radius 1 is 1.58 bits per heavy atom. The molecule has 0 aliphatic carbocycles. The zero-order chi connectivity index (χ0) is 13.7. The van der Waals surface area contributed by atoms with Crippen molar-refractivity contribution in [2.24, 2.45) is 0 Å². The molecule has 0 aliphatic heterocycles. The molecule has 0 saturated carbocycles. The minimum absolute atomic E-state index is 0.0768. The van der Waals surface area contributed by atoms with E-state index in [9.17, 15) is 10.1 Å². The number of thiophene rings is 1. The Kier molecular flexibility index (Phi) is 4.61. The number of nitrogens with zero attached hydrogens (tertiary/aromatic N) is 2. The van der Waals surface area contributed by atoms with Crippen LogP contribution in [0.25, 0.3) is 10.8 Å². The van der Waals surface area contributed by atoms with Crippen LogP contribution >= 0.6 is 11.3 Å². The topological polar surface area (TPSA) is 90.4 Å². The molecule has 2 rings (SSSR count). The summed E-state index contributed by atoms with van der Waals surface area (Å²) in [5.74, 6) is 0.404. The summed E-state index contributed by atoms with van der Waals surface area (Å²) in [7, 11) is 1.64. The number of hydrogen-bond donors (Lipinski definition) is 1. The second-order valence-electron chi connectivity index (χ2n) is 3.71. The molecule has 0 atom stereocenters. The highest BCUT2D eigenvalue weighted by Gasteiger charge is 2.14. The summed E-state index contributed by atoms with van der Waals surface area (Å²) >= 11 is 1.04. The van der Waals surface area contributed by atoms with Gasteiger partial charge >= 0.3 is 5.00 Å². The lowest BCUT2D eigenvalue weighted by Gasteiger charge is -1.99. The van der Waals surface area contributed by atoms with E-state index in [2.05, 4.69) is 10.3 Å². The maximum absolute atomic E-state index is 10.6. The van der Waals surface area contributed by atoms with E-state index < -0.39 is 4.92 Å². The monoisotopic (exact) mass is 283 g/mol. The summed E-state index contributed by atoms with van der Waals surface area (Å²) < 4.78 is 10.2. The SMILES string of the molecule is COCCNCc1coc(-c2ccc([N+](=O)[O-])s2)n1. The van der Waals surface area contributed by atoms with Crippen molar-refractivity contribution < 1.29 is 14.1 Å². The van der Waals surface area contributed by atoms with E-state index in [1.165, 1.54) is 6.07 Å². The van der Waals surface area contributed by atoms with Gasteiger partial charge in [-0.25, -0.2) is 4.98 Å². The quantitative estimate of drug-likeness (QED) is 0.475. The van der Waals surface area contributed by atoms with Gasteiger partial charge in [-0.3, -0.25) is 10.1 Å². The lowest BCUT2D eigenvalue weighted by Crippen LogP contribution is -2.18. The van der Waals surface area contributed by atoms with Crippen LogP contribution in [-0.2, 0) is 11.3 Å². The number of nitrogens with one attached hydrogen (secondary N) is 1. The van der Waals surface area contributed by atoms with Crippen LogP contribution in [0.5, 0.6) is 0 Å². The van der Waals surface area contributed by atoms with E-state index in [1.54, 1.807) is 19.4 Å². The molecule has 0 saturated heterocycles. The third-order valence-electron chi connectivity index (χ3n) is 2.32. The van der Waals surface area contributed by atoms with Crippen molar-refractivity contribution in [1.29, 1.82) is 0 Å². The Bertz CT molecular complexity index is 552. The van der Waals surface area contributed by atoms with Crippen LogP contribution in [0, 0.1) is 10.1 Å². The number of aromatic nitrogens is 1. The Morgan fingerprint density at radius 2 is 2.42 bits per heavy atom. The Hall–Kier alpha value is -1.77. The fourth-order valence-corrected chi connectivity index (χ4v) is 2.19. The van der Waals surface area contributed by atoms with E-state index in [1.807, 2.05) is 0 Å². The average molecular weight is 283 g/mol. The Morgan fingerprint density at radius 3 is 3.11 bits per heavy atom. The van der Waals surface area contributed by atoms with Gasteiger partial charge in [0.2, 0.25) is 5.89 Å². The van der Waals surface area contributed by atoms with E-state index in [-0.39, 0.29) is 5.00 Å². The third kappa shape index (κ3) is 3.60. The van der Waals surface area contributed by atoms with E-state index >= 15 is 0 Å². The molecule has 2 heterocycles. The first-order valence-corrected chi connectivity index (χ1v) is 6.41. The molecule has 0 fully saturated rings. The summed E-state index contributed by atoms with van der Waals surface area (Å²) in [4.78, 5) is 15.1. The predicted molar refractivity (Wildman–Crippen MR) is 70.1 cm³/mol. The zero-order valence-electron chi connectivity index (χ0n) is 10.3. The van der Waals surface area contributed by atoms with Gasteiger partial charge < -0.3 is 14.5 Å². The standard InChI is InChI=1S/C11H13N3O4S/c1-17-5-4-12-6-8-7-18-11(13-8)9-2-3-10(19-9)14(15)16/h2-3,7,12H,4-6H2,1H3. The van der Waals surface area contributed by atoms with Gasteiger partial charge in [0.15, 0.2) is 0 Å². The van der Waals surface area contributed by atoms with Crippen LogP contribution in [0.1, 0.15) is 5.69 Å². The van der Waals surface area contributed by atoms with Crippen molar-refractivity contribution >= 4 is 16.3 Å². The van der Waals surface area contributed by atoms with Gasteiger partial charge in [-0.05, 0) is 6.07 Å². The first-order chi connectivity index (χ1) is 9.20. The molecule has 0 radical (unpaired) electrons. The van der Waals surface area contributed by atoms with Crippen LogP contribution < -0.4 is 5.32 Å². The summed E-state index contributed by atoms with van der Waals surface area (Å²) in [6, 6.07) is 3.08. The molecule has 0 unspecified atom stereocenters. The molecule has 0 aromatic carbocycles. The zero-order valence-corrected chi connectivity index (χ0v) is 11.1. The first kappa shape index (κ1) is 13.7. The van der Waals surface area contributed by atoms with Crippen molar-refractivity contribution in [2.75, 3.05) is 20.3 Å². The second-order valence-corrected chi connectivity index (χ2v) is 4.77. The van der Waals surface area contributed by atoms with E-state index in [4.69, 9.17) is 9.15 Å². The number of ether oxygens (including phenoxy) is 1. The predicted octanol–water partition coefficient (Wildman–Crippen LogP) is 2.05. The molecule has 0 aliphatic rings. The fourth-order valence-electron chi connectivity index (χ4n) is 1.43. The molecule has 0 amide bonds. The van der Waals surface area contributed by atoms with Gasteiger partial charge in [0.1, 0.15) is 6.26 Å². The highest BCUT2D eigenvalue weighted by Crippen LogP contribution is 2.31. The molecular formula is C11H13N3O4S. The smallest absolute Gasteiger partial charge is 0.324 e. The third-order valence-corrected chi connectivity index (χ3v) is 3.35. The molecule has 19 heavy (non-hydrogen) atoms. The van der Waals surface area contributed by atoms with Crippen LogP contribution in [0.4, 0.5) is 5.00 Å². The lowest BCUT2D eigenvalue weighted by atomic mass is 10.4. The number of rotatable bonds is 7. The van der Waals surface area contributed by atoms with Gasteiger partial charge in [0.05, 0.1) is 22.1 Å². The summed E-state index contributed by atoms with van der Waals surface area (Å²) in [6.07, 6.45) is 1.54. The molecule has 1 N–H and O–H groups in total. The van der Waals surface area contributed by atoms with Crippen LogP contribution in [0.3, 0.4) is 0 Å². The van der Waals surface area contributed by atoms with Gasteiger partial charge in [0, 0.05) is 26.3 Å². The molecule has 102 valence electrons. The van der Waals surface area contributed by atoms with Crippen LogP contribution in [0.2, 0.25) is 0 Å². The van der Waals surface area contributed by atoms with Crippen molar-refractivity contribution in [1.82, 2.24) is 10.3 Å². The maximum atomic E-state index is 10.6. The van der Waals surface area contributed by atoms with Crippen molar-refractivity contribution in [2.45, 2.75) is 6.54 Å². The fraction of sp³-hybridized carbons (Fsp3) is 0.364. The number of oxazole rings is 1. The highest BCUT2D eigenvalue weighted by atomic mass is 32.1. The minimum Gasteiger partial charge on any atom is -0.444 e. The summed E-state index contributed by atoms with van der Waals surface area (Å²) in [5, 5.41) is 13.8. The number of nitro groups is 1. The van der Waals surface area contributed by atoms with Gasteiger partial charge in [-0.15, -0.1) is 0 Å². The van der Waals surface area contributed by atoms with Gasteiger partial charge in [0.25, 0.3) is 0 Å². The lowest BCUT2D eigenvalue weighted by molar-refractivity contribution is -0.380. The highest BCUT2D eigenvalue weighted by molar-refractivity contribution is 7.18. The van der Waals surface area contributed by atoms with Crippen LogP contribution in [-0.4, -0.2) is 30.2 Å². The normalized spacial score (nSPS) is 10.8. The first-order valence-electron chi connectivity index (χ1n) is 5.59. The van der Waals surface area contributed by atoms with Gasteiger partial charge in [-0.2, -0.15) is 0 Å². The van der Waals surface area contributed by atoms with E-state index in [0.29, 0.717) is 23.9 Å². The van der Waals surface area contributed by atoms with Crippen molar-refractivity contribution in [3.8, 4) is 10.8 Å². The van der Waals surface area contributed by atoms with Gasteiger partial charge in [-0.1, -0.05) is 11.3 Å². The Balaban J connectivity index is 1.97. The number of hydrogen-bond acceptors (Lipinski definition) is 7. The summed E-state index contributed by atoms with van der Waals surface area (Å²) in [5.41, 5.74) is 0.752. The molecule has 2 aromatic rings.